The highest BCUT2D eigenvalue weighted by Crippen LogP contribution is 2.06. The highest BCUT2D eigenvalue weighted by atomic mass is 32.1. The molecule has 0 saturated carbocycles. The van der Waals surface area contributed by atoms with Crippen LogP contribution in [0.4, 0.5) is 0 Å². The fourth-order valence-electron chi connectivity index (χ4n) is 1.11. The Kier molecular flexibility index (Phi) is 5.93. The van der Waals surface area contributed by atoms with Crippen LogP contribution in [0.3, 0.4) is 0 Å². The lowest BCUT2D eigenvalue weighted by molar-refractivity contribution is 0.338. The molecule has 0 aliphatic carbocycles. The molecule has 0 spiro atoms. The number of thiol groups is 1. The second-order valence-electron chi connectivity index (χ2n) is 3.98. The van der Waals surface area contributed by atoms with E-state index in [0.717, 1.165) is 17.4 Å². The molecule has 0 N–H and O–H groups in total. The Morgan fingerprint density at radius 1 is 1.17 bits per heavy atom. The van der Waals surface area contributed by atoms with Crippen molar-refractivity contribution in [2.45, 2.75) is 27.7 Å². The Balaban J connectivity index is 3.96. The van der Waals surface area contributed by atoms with Crippen LogP contribution < -0.4 is 0 Å². The van der Waals surface area contributed by atoms with Gasteiger partial charge in [0.2, 0.25) is 0 Å². The number of nitrogens with zero attached hydrogens (tertiary/aromatic N) is 1. The predicted octanol–water partition coefficient (Wildman–Crippen LogP) is 2.82. The molecule has 0 aromatic carbocycles. The van der Waals surface area contributed by atoms with Crippen molar-refractivity contribution in [1.29, 1.82) is 0 Å². The molecule has 0 aromatic heterocycles. The summed E-state index contributed by atoms with van der Waals surface area (Å²) < 4.78 is 0.720. The van der Waals surface area contributed by atoms with E-state index in [-0.39, 0.29) is 0 Å². The monoisotopic (exact) mass is 205 g/mol. The summed E-state index contributed by atoms with van der Waals surface area (Å²) in [6.07, 6.45) is 0. The summed E-state index contributed by atoms with van der Waals surface area (Å²) >= 11 is 9.24. The number of thiocarbonyl (C=S) groups is 1. The van der Waals surface area contributed by atoms with E-state index < -0.39 is 0 Å². The normalized spacial score (nSPS) is 10.9. The van der Waals surface area contributed by atoms with Crippen LogP contribution in [0.25, 0.3) is 0 Å². The molecule has 3 heteroatoms. The van der Waals surface area contributed by atoms with Gasteiger partial charge in [-0.2, -0.15) is 0 Å². The van der Waals surface area contributed by atoms with Crippen molar-refractivity contribution in [3.05, 3.63) is 0 Å². The van der Waals surface area contributed by atoms with E-state index in [2.05, 4.69) is 45.2 Å². The summed E-state index contributed by atoms with van der Waals surface area (Å²) in [6.45, 7) is 10.8. The van der Waals surface area contributed by atoms with Crippen molar-refractivity contribution in [2.75, 3.05) is 13.1 Å². The number of hydrogen-bond donors (Lipinski definition) is 1. The molecule has 0 aromatic rings. The number of rotatable bonds is 4. The molecule has 0 heterocycles. The molecule has 0 saturated heterocycles. The minimum absolute atomic E-state index is 0.647. The molecule has 0 aliphatic rings. The van der Waals surface area contributed by atoms with E-state index in [1.54, 1.807) is 0 Å². The molecular weight excluding hydrogens is 186 g/mol. The van der Waals surface area contributed by atoms with Crippen molar-refractivity contribution in [3.8, 4) is 0 Å². The fourth-order valence-corrected chi connectivity index (χ4v) is 1.42. The van der Waals surface area contributed by atoms with Gasteiger partial charge in [-0.25, -0.2) is 0 Å². The van der Waals surface area contributed by atoms with Gasteiger partial charge in [-0.15, -0.1) is 12.6 Å². The Bertz CT molecular complexity index is 133. The summed E-state index contributed by atoms with van der Waals surface area (Å²) in [5.74, 6) is 1.29. The smallest absolute Gasteiger partial charge is 0.133 e. The van der Waals surface area contributed by atoms with Crippen LogP contribution in [-0.2, 0) is 0 Å². The molecule has 0 bridgehead atoms. The molecule has 0 radical (unpaired) electrons. The van der Waals surface area contributed by atoms with Gasteiger partial charge in [0.1, 0.15) is 4.32 Å². The maximum absolute atomic E-state index is 5.04. The predicted molar refractivity (Wildman–Crippen MR) is 62.8 cm³/mol. The molecule has 0 amide bonds. The minimum atomic E-state index is 0.647. The molecule has 0 aliphatic heterocycles. The summed E-state index contributed by atoms with van der Waals surface area (Å²) in [4.78, 5) is 2.16. The third-order valence-electron chi connectivity index (χ3n) is 1.44. The highest BCUT2D eigenvalue weighted by Gasteiger charge is 2.09. The van der Waals surface area contributed by atoms with Crippen LogP contribution >= 0.6 is 24.8 Å². The van der Waals surface area contributed by atoms with Crippen molar-refractivity contribution in [2.24, 2.45) is 11.8 Å². The first-order valence-electron chi connectivity index (χ1n) is 4.41. The average molecular weight is 205 g/mol. The van der Waals surface area contributed by atoms with Crippen LogP contribution in [0.1, 0.15) is 27.7 Å². The molecule has 0 atom stereocenters. The SMILES string of the molecule is CC(C)CN(CC(C)C)C(=S)S. The van der Waals surface area contributed by atoms with Gasteiger partial charge in [0.15, 0.2) is 0 Å². The van der Waals surface area contributed by atoms with Crippen molar-refractivity contribution >= 4 is 29.2 Å². The molecule has 1 nitrogen and oxygen atoms in total. The van der Waals surface area contributed by atoms with Crippen LogP contribution in [0.15, 0.2) is 0 Å². The first-order chi connectivity index (χ1) is 5.43. The van der Waals surface area contributed by atoms with E-state index in [9.17, 15) is 0 Å². The first kappa shape index (κ1) is 12.2. The Morgan fingerprint density at radius 2 is 1.50 bits per heavy atom. The van der Waals surface area contributed by atoms with Gasteiger partial charge in [-0.1, -0.05) is 39.9 Å². The molecule has 0 fully saturated rings. The molecule has 12 heavy (non-hydrogen) atoms. The molecule has 0 rings (SSSR count). The summed E-state index contributed by atoms with van der Waals surface area (Å²) in [5.41, 5.74) is 0. The van der Waals surface area contributed by atoms with Gasteiger partial charge in [0.25, 0.3) is 0 Å². The Labute approximate surface area is 86.9 Å². The zero-order valence-corrected chi connectivity index (χ0v) is 10.1. The van der Waals surface area contributed by atoms with E-state index in [1.807, 2.05) is 0 Å². The van der Waals surface area contributed by atoms with E-state index >= 15 is 0 Å². The summed E-state index contributed by atoms with van der Waals surface area (Å²) in [5, 5.41) is 0. The summed E-state index contributed by atoms with van der Waals surface area (Å²) in [6, 6.07) is 0. The highest BCUT2D eigenvalue weighted by molar-refractivity contribution is 8.10. The largest absolute Gasteiger partial charge is 0.357 e. The second kappa shape index (κ2) is 5.81. The lowest BCUT2D eigenvalue weighted by Crippen LogP contribution is -2.33. The van der Waals surface area contributed by atoms with E-state index in [0.29, 0.717) is 11.8 Å². The first-order valence-corrected chi connectivity index (χ1v) is 5.27. The Morgan fingerprint density at radius 3 is 1.67 bits per heavy atom. The fraction of sp³-hybridized carbons (Fsp3) is 0.889. The Hall–Kier alpha value is 0.240. The van der Waals surface area contributed by atoms with Gasteiger partial charge < -0.3 is 4.90 Å². The van der Waals surface area contributed by atoms with Crippen LogP contribution in [0.2, 0.25) is 0 Å². The summed E-state index contributed by atoms with van der Waals surface area (Å²) in [7, 11) is 0. The minimum Gasteiger partial charge on any atom is -0.357 e. The lowest BCUT2D eigenvalue weighted by atomic mass is 10.1. The van der Waals surface area contributed by atoms with Gasteiger partial charge in [0.05, 0.1) is 0 Å². The van der Waals surface area contributed by atoms with Gasteiger partial charge in [0, 0.05) is 13.1 Å². The molecule has 72 valence electrons. The van der Waals surface area contributed by atoms with Crippen molar-refractivity contribution in [3.63, 3.8) is 0 Å². The van der Waals surface area contributed by atoms with Crippen LogP contribution in [-0.4, -0.2) is 22.3 Å². The van der Waals surface area contributed by atoms with Gasteiger partial charge >= 0.3 is 0 Å². The zero-order valence-electron chi connectivity index (χ0n) is 8.37. The zero-order chi connectivity index (χ0) is 9.72. The van der Waals surface area contributed by atoms with Crippen LogP contribution in [0, 0.1) is 11.8 Å². The molecule has 0 unspecified atom stereocenters. The van der Waals surface area contributed by atoms with Crippen LogP contribution in [0.5, 0.6) is 0 Å². The quantitative estimate of drug-likeness (QED) is 0.555. The molecular formula is C9H19NS2. The standard InChI is InChI=1S/C9H19NS2/c1-7(2)5-10(9(11)12)6-8(3)4/h7-8H,5-6H2,1-4H3,(H,11,12). The second-order valence-corrected chi connectivity index (χ2v) is 5.09. The maximum Gasteiger partial charge on any atom is 0.133 e. The van der Waals surface area contributed by atoms with Gasteiger partial charge in [-0.05, 0) is 11.8 Å². The van der Waals surface area contributed by atoms with Crippen molar-refractivity contribution in [1.82, 2.24) is 4.90 Å². The topological polar surface area (TPSA) is 3.24 Å². The van der Waals surface area contributed by atoms with E-state index in [1.165, 1.54) is 0 Å². The maximum atomic E-state index is 5.04. The third-order valence-corrected chi connectivity index (χ3v) is 1.98. The van der Waals surface area contributed by atoms with Crippen molar-refractivity contribution < 1.29 is 0 Å². The lowest BCUT2D eigenvalue weighted by Gasteiger charge is -2.26. The third kappa shape index (κ3) is 5.84. The van der Waals surface area contributed by atoms with Gasteiger partial charge in [-0.3, -0.25) is 0 Å². The van der Waals surface area contributed by atoms with E-state index in [4.69, 9.17) is 12.2 Å². The number of hydrogen-bond acceptors (Lipinski definition) is 1. The average Bonchev–Trinajstić information content (AvgIpc) is 1.83.